The van der Waals surface area contributed by atoms with Crippen LogP contribution in [-0.4, -0.2) is 34.7 Å². The highest BCUT2D eigenvalue weighted by molar-refractivity contribution is 6.37. The molecule has 22 heavy (non-hydrogen) atoms. The predicted octanol–water partition coefficient (Wildman–Crippen LogP) is 4.37. The first-order valence-electron chi connectivity index (χ1n) is 7.00. The Kier molecular flexibility index (Phi) is 5.19. The molecule has 1 N–H and O–H groups in total. The summed E-state index contributed by atoms with van der Waals surface area (Å²) >= 11 is 12.3. The number of carbonyl (C=O) groups is 2. The van der Waals surface area contributed by atoms with Crippen molar-refractivity contribution < 1.29 is 19.4 Å². The van der Waals surface area contributed by atoms with Crippen LogP contribution in [0.25, 0.3) is 0 Å². The van der Waals surface area contributed by atoms with Crippen LogP contribution >= 0.6 is 23.2 Å². The lowest BCUT2D eigenvalue weighted by Gasteiger charge is -2.23. The van der Waals surface area contributed by atoms with Gasteiger partial charge in [-0.05, 0) is 44.4 Å². The van der Waals surface area contributed by atoms with Crippen molar-refractivity contribution in [3.8, 4) is 0 Å². The Morgan fingerprint density at radius 3 is 2.59 bits per heavy atom. The molecule has 0 bridgehead atoms. The molecule has 1 aliphatic rings. The number of benzene rings is 1. The van der Waals surface area contributed by atoms with E-state index in [0.717, 1.165) is 6.42 Å². The summed E-state index contributed by atoms with van der Waals surface area (Å²) in [7, 11) is 0. The quantitative estimate of drug-likeness (QED) is 0.825. The molecular formula is C15H17Cl2NO4. The van der Waals surface area contributed by atoms with Gasteiger partial charge in [0, 0.05) is 11.6 Å². The molecule has 0 radical (unpaired) electrons. The molecule has 1 saturated heterocycles. The van der Waals surface area contributed by atoms with Gasteiger partial charge in [-0.1, -0.05) is 23.2 Å². The third kappa shape index (κ3) is 3.47. The third-order valence-electron chi connectivity index (χ3n) is 3.51. The van der Waals surface area contributed by atoms with E-state index in [1.807, 2.05) is 0 Å². The number of halogens is 2. The fourth-order valence-corrected chi connectivity index (χ4v) is 3.16. The van der Waals surface area contributed by atoms with Crippen LogP contribution < -0.4 is 0 Å². The molecule has 1 aliphatic heterocycles. The van der Waals surface area contributed by atoms with E-state index in [4.69, 9.17) is 27.9 Å². The molecule has 1 aromatic carbocycles. The van der Waals surface area contributed by atoms with E-state index >= 15 is 0 Å². The number of amides is 1. The summed E-state index contributed by atoms with van der Waals surface area (Å²) in [6, 6.07) is 2.64. The maximum absolute atomic E-state index is 12.1. The summed E-state index contributed by atoms with van der Waals surface area (Å²) in [6.07, 6.45) is 0.137. The summed E-state index contributed by atoms with van der Waals surface area (Å²) in [5.74, 6) is -0.544. The van der Waals surface area contributed by atoms with Crippen LogP contribution in [0.2, 0.25) is 10.0 Å². The van der Waals surface area contributed by atoms with Gasteiger partial charge in [0.2, 0.25) is 0 Å². The van der Waals surface area contributed by atoms with Crippen LogP contribution in [0.3, 0.4) is 0 Å². The highest BCUT2D eigenvalue weighted by Crippen LogP contribution is 2.38. The largest absolute Gasteiger partial charge is 0.465 e. The lowest BCUT2D eigenvalue weighted by Crippen LogP contribution is -2.29. The molecule has 0 spiro atoms. The lowest BCUT2D eigenvalue weighted by molar-refractivity contribution is 0.0378. The second-order valence-corrected chi connectivity index (χ2v) is 6.26. The summed E-state index contributed by atoms with van der Waals surface area (Å²) < 4.78 is 5.15. The first-order valence-corrected chi connectivity index (χ1v) is 7.76. The molecule has 0 saturated carbocycles. The molecule has 1 heterocycles. The lowest BCUT2D eigenvalue weighted by atomic mass is 10.0. The monoisotopic (exact) mass is 345 g/mol. The molecule has 120 valence electrons. The van der Waals surface area contributed by atoms with Gasteiger partial charge in [-0.25, -0.2) is 9.59 Å². The number of hydrogen-bond donors (Lipinski definition) is 1. The van der Waals surface area contributed by atoms with Gasteiger partial charge in [0.15, 0.2) is 0 Å². The van der Waals surface area contributed by atoms with E-state index in [1.54, 1.807) is 19.9 Å². The Labute approximate surface area is 138 Å². The van der Waals surface area contributed by atoms with Gasteiger partial charge in [-0.15, -0.1) is 0 Å². The summed E-state index contributed by atoms with van der Waals surface area (Å²) in [6.45, 7) is 3.93. The number of carboxylic acid groups (broad SMARTS) is 1. The van der Waals surface area contributed by atoms with Gasteiger partial charge in [0.1, 0.15) is 0 Å². The van der Waals surface area contributed by atoms with Crippen LogP contribution in [0.4, 0.5) is 4.79 Å². The van der Waals surface area contributed by atoms with Crippen molar-refractivity contribution in [3.63, 3.8) is 0 Å². The van der Waals surface area contributed by atoms with Crippen molar-refractivity contribution in [2.45, 2.75) is 38.8 Å². The Morgan fingerprint density at radius 2 is 2.00 bits per heavy atom. The van der Waals surface area contributed by atoms with Crippen LogP contribution in [0.1, 0.15) is 48.7 Å². The molecule has 1 fully saturated rings. The van der Waals surface area contributed by atoms with Gasteiger partial charge in [-0.3, -0.25) is 0 Å². The van der Waals surface area contributed by atoms with Gasteiger partial charge in [0.25, 0.3) is 0 Å². The van der Waals surface area contributed by atoms with Crippen molar-refractivity contribution in [1.29, 1.82) is 0 Å². The molecule has 7 heteroatoms. The van der Waals surface area contributed by atoms with E-state index < -0.39 is 12.1 Å². The number of likely N-dealkylation sites (tertiary alicyclic amines) is 1. The summed E-state index contributed by atoms with van der Waals surface area (Å²) in [5.41, 5.74) is 0.786. The third-order valence-corrected chi connectivity index (χ3v) is 4.15. The van der Waals surface area contributed by atoms with E-state index in [0.29, 0.717) is 23.6 Å². The first kappa shape index (κ1) is 16.9. The zero-order chi connectivity index (χ0) is 16.4. The first-order chi connectivity index (χ1) is 10.3. The average Bonchev–Trinajstić information content (AvgIpc) is 2.86. The van der Waals surface area contributed by atoms with Crippen molar-refractivity contribution in [2.75, 3.05) is 6.54 Å². The number of hydrogen-bond acceptors (Lipinski definition) is 3. The maximum Gasteiger partial charge on any atom is 0.407 e. The van der Waals surface area contributed by atoms with E-state index in [1.165, 1.54) is 11.0 Å². The average molecular weight is 346 g/mol. The van der Waals surface area contributed by atoms with E-state index in [-0.39, 0.29) is 22.7 Å². The van der Waals surface area contributed by atoms with Crippen LogP contribution in [0, 0.1) is 0 Å². The number of nitrogens with zero attached hydrogens (tertiary/aromatic N) is 1. The molecule has 2 rings (SSSR count). The second kappa shape index (κ2) is 6.75. The van der Waals surface area contributed by atoms with Crippen molar-refractivity contribution in [3.05, 3.63) is 33.3 Å². The predicted molar refractivity (Wildman–Crippen MR) is 83.7 cm³/mol. The van der Waals surface area contributed by atoms with Gasteiger partial charge in [-0.2, -0.15) is 0 Å². The zero-order valence-electron chi connectivity index (χ0n) is 12.3. The Balaban J connectivity index is 2.40. The minimum atomic E-state index is -1.00. The van der Waals surface area contributed by atoms with Crippen LogP contribution in [-0.2, 0) is 4.74 Å². The molecule has 0 aromatic heterocycles. The summed E-state index contributed by atoms with van der Waals surface area (Å²) in [5, 5.41) is 9.80. The number of ether oxygens (including phenoxy) is 1. The Hall–Kier alpha value is -1.46. The minimum Gasteiger partial charge on any atom is -0.465 e. The normalized spacial score (nSPS) is 17.9. The molecule has 1 aromatic rings. The van der Waals surface area contributed by atoms with Gasteiger partial charge < -0.3 is 14.7 Å². The fraction of sp³-hybridized carbons (Fsp3) is 0.467. The number of esters is 1. The SMILES string of the molecule is CC(C)OC(=O)c1cc(C2CCCN2C(=O)O)c(Cl)cc1Cl. The van der Waals surface area contributed by atoms with Gasteiger partial charge >= 0.3 is 12.1 Å². The second-order valence-electron chi connectivity index (χ2n) is 5.44. The maximum atomic E-state index is 12.1. The topological polar surface area (TPSA) is 66.8 Å². The van der Waals surface area contributed by atoms with Crippen molar-refractivity contribution >= 4 is 35.3 Å². The Morgan fingerprint density at radius 1 is 1.32 bits per heavy atom. The molecule has 1 unspecified atom stereocenters. The van der Waals surface area contributed by atoms with Crippen LogP contribution in [0.15, 0.2) is 12.1 Å². The van der Waals surface area contributed by atoms with Crippen molar-refractivity contribution in [2.24, 2.45) is 0 Å². The van der Waals surface area contributed by atoms with E-state index in [9.17, 15) is 14.7 Å². The smallest absolute Gasteiger partial charge is 0.407 e. The highest BCUT2D eigenvalue weighted by atomic mass is 35.5. The highest BCUT2D eigenvalue weighted by Gasteiger charge is 2.32. The van der Waals surface area contributed by atoms with Crippen molar-refractivity contribution in [1.82, 2.24) is 4.90 Å². The fourth-order valence-electron chi connectivity index (χ4n) is 2.57. The van der Waals surface area contributed by atoms with Gasteiger partial charge in [0.05, 0.1) is 22.7 Å². The molecular weight excluding hydrogens is 329 g/mol. The Bertz CT molecular complexity index is 603. The standard InChI is InChI=1S/C15H17Cl2NO4/c1-8(2)22-14(19)10-6-9(11(16)7-12(10)17)13-4-3-5-18(13)15(20)21/h6-8,13H,3-5H2,1-2H3,(H,20,21). The number of carbonyl (C=O) groups excluding carboxylic acids is 1. The molecule has 1 atom stereocenters. The molecule has 0 aliphatic carbocycles. The minimum absolute atomic E-state index is 0.194. The van der Waals surface area contributed by atoms with Crippen LogP contribution in [0.5, 0.6) is 0 Å². The van der Waals surface area contributed by atoms with E-state index in [2.05, 4.69) is 0 Å². The zero-order valence-corrected chi connectivity index (χ0v) is 13.8. The molecule has 5 nitrogen and oxygen atoms in total. The molecule has 1 amide bonds. The summed E-state index contributed by atoms with van der Waals surface area (Å²) in [4.78, 5) is 24.7. The number of rotatable bonds is 3.